The third-order valence-corrected chi connectivity index (χ3v) is 8.75. The van der Waals surface area contributed by atoms with Gasteiger partial charge in [-0.2, -0.15) is 4.98 Å². The number of methoxy groups -OCH3 is 1. The number of carbonyl (C=O) groups is 1. The first-order valence-corrected chi connectivity index (χ1v) is 15.9. The normalized spacial score (nSPS) is 14.0. The molecule has 0 saturated heterocycles. The van der Waals surface area contributed by atoms with Gasteiger partial charge in [0, 0.05) is 21.5 Å². The number of benzene rings is 4. The van der Waals surface area contributed by atoms with Crippen LogP contribution in [0.1, 0.15) is 29.7 Å². The van der Waals surface area contributed by atoms with Crippen LogP contribution in [-0.2, 0) is 17.2 Å². The number of carbonyl (C=O) groups excluding carboxylic acids is 1. The maximum Gasteiger partial charge on any atom is 0.255 e. The molecule has 1 aliphatic heterocycles. The predicted molar refractivity (Wildman–Crippen MR) is 179 cm³/mol. The van der Waals surface area contributed by atoms with E-state index in [1.54, 1.807) is 23.9 Å². The highest BCUT2D eigenvalue weighted by molar-refractivity contribution is 7.98. The molecule has 1 amide bonds. The van der Waals surface area contributed by atoms with Crippen molar-refractivity contribution in [3.63, 3.8) is 0 Å². The molecule has 1 aromatic heterocycles. The Bertz CT molecular complexity index is 1880. The zero-order valence-corrected chi connectivity index (χ0v) is 26.8. The Kier molecular flexibility index (Phi) is 9.30. The molecule has 2 N–H and O–H groups in total. The average molecular weight is 659 g/mol. The number of para-hydroxylation sites is 2. The highest BCUT2D eigenvalue weighted by Crippen LogP contribution is 2.39. The molecule has 45 heavy (non-hydrogen) atoms. The lowest BCUT2D eigenvalue weighted by molar-refractivity contribution is -0.113. The van der Waals surface area contributed by atoms with Gasteiger partial charge in [-0.25, -0.2) is 4.68 Å². The second-order valence-corrected chi connectivity index (χ2v) is 12.0. The van der Waals surface area contributed by atoms with Crippen molar-refractivity contribution in [2.75, 3.05) is 17.7 Å². The highest BCUT2D eigenvalue weighted by Gasteiger charge is 2.35. The van der Waals surface area contributed by atoms with E-state index in [1.165, 1.54) is 11.8 Å². The van der Waals surface area contributed by atoms with E-state index in [9.17, 15) is 4.79 Å². The molecule has 0 bridgehead atoms. The van der Waals surface area contributed by atoms with E-state index in [2.05, 4.69) is 10.6 Å². The Morgan fingerprint density at radius 3 is 2.58 bits per heavy atom. The molecular formula is C34H29Cl2N5O3S. The number of anilines is 2. The summed E-state index contributed by atoms with van der Waals surface area (Å²) in [5, 5.41) is 13.1. The first-order chi connectivity index (χ1) is 21.9. The summed E-state index contributed by atoms with van der Waals surface area (Å²) in [6, 6.07) is 29.6. The van der Waals surface area contributed by atoms with Gasteiger partial charge in [0.15, 0.2) is 0 Å². The summed E-state index contributed by atoms with van der Waals surface area (Å²) >= 11 is 13.9. The largest absolute Gasteiger partial charge is 0.495 e. The van der Waals surface area contributed by atoms with Crippen LogP contribution in [0.4, 0.5) is 11.6 Å². The number of amides is 1. The lowest BCUT2D eigenvalue weighted by Gasteiger charge is -2.29. The number of hydrogen-bond acceptors (Lipinski definition) is 7. The zero-order valence-electron chi connectivity index (χ0n) is 24.5. The fourth-order valence-corrected chi connectivity index (χ4v) is 6.25. The van der Waals surface area contributed by atoms with E-state index < -0.39 is 6.04 Å². The average Bonchev–Trinajstić information content (AvgIpc) is 3.46. The molecule has 1 atom stereocenters. The van der Waals surface area contributed by atoms with Crippen molar-refractivity contribution in [2.45, 2.75) is 30.5 Å². The van der Waals surface area contributed by atoms with E-state index >= 15 is 0 Å². The number of nitrogens with one attached hydrogen (secondary N) is 2. The number of thioether (sulfide) groups is 1. The molecule has 0 aliphatic carbocycles. The minimum Gasteiger partial charge on any atom is -0.495 e. The first-order valence-electron chi connectivity index (χ1n) is 14.1. The van der Waals surface area contributed by atoms with E-state index in [-0.39, 0.29) is 5.91 Å². The molecule has 1 aliphatic rings. The van der Waals surface area contributed by atoms with Gasteiger partial charge in [0.05, 0.1) is 18.4 Å². The maximum absolute atomic E-state index is 14.0. The van der Waals surface area contributed by atoms with E-state index in [0.717, 1.165) is 16.7 Å². The van der Waals surface area contributed by atoms with Crippen LogP contribution >= 0.6 is 35.0 Å². The van der Waals surface area contributed by atoms with Gasteiger partial charge in [-0.1, -0.05) is 89.6 Å². The van der Waals surface area contributed by atoms with E-state index in [0.29, 0.717) is 62.0 Å². The number of hydrogen-bond donors (Lipinski definition) is 2. The lowest BCUT2D eigenvalue weighted by atomic mass is 9.94. The smallest absolute Gasteiger partial charge is 0.255 e. The molecule has 228 valence electrons. The minimum absolute atomic E-state index is 0.298. The van der Waals surface area contributed by atoms with Crippen LogP contribution in [0.15, 0.2) is 113 Å². The van der Waals surface area contributed by atoms with Crippen LogP contribution in [-0.4, -0.2) is 27.8 Å². The third kappa shape index (κ3) is 6.96. The summed E-state index contributed by atoms with van der Waals surface area (Å²) in [4.78, 5) is 18.8. The highest BCUT2D eigenvalue weighted by atomic mass is 35.5. The summed E-state index contributed by atoms with van der Waals surface area (Å²) in [5.41, 5.74) is 4.47. The quantitative estimate of drug-likeness (QED) is 0.146. The van der Waals surface area contributed by atoms with Gasteiger partial charge < -0.3 is 20.1 Å². The second-order valence-electron chi connectivity index (χ2n) is 10.3. The molecule has 0 fully saturated rings. The fourth-order valence-electron chi connectivity index (χ4n) is 5.01. The van der Waals surface area contributed by atoms with E-state index in [1.807, 2.05) is 91.9 Å². The molecule has 0 radical (unpaired) electrons. The van der Waals surface area contributed by atoms with Gasteiger partial charge >= 0.3 is 0 Å². The van der Waals surface area contributed by atoms with Crippen molar-refractivity contribution in [3.05, 3.63) is 135 Å². The number of rotatable bonds is 10. The number of ether oxygens (including phenoxy) is 2. The van der Waals surface area contributed by atoms with Crippen LogP contribution in [0, 0.1) is 0 Å². The second kappa shape index (κ2) is 13.7. The fraction of sp³-hybridized carbons (Fsp3) is 0.147. The number of halogens is 2. The van der Waals surface area contributed by atoms with Crippen molar-refractivity contribution < 1.29 is 14.3 Å². The summed E-state index contributed by atoms with van der Waals surface area (Å²) in [7, 11) is 1.57. The number of nitrogens with zero attached hydrogens (tertiary/aromatic N) is 3. The molecule has 8 nitrogen and oxygen atoms in total. The van der Waals surface area contributed by atoms with Crippen molar-refractivity contribution in [3.8, 4) is 11.5 Å². The summed E-state index contributed by atoms with van der Waals surface area (Å²) in [6.45, 7) is 2.22. The topological polar surface area (TPSA) is 90.3 Å². The molecule has 0 spiro atoms. The van der Waals surface area contributed by atoms with E-state index in [4.69, 9.17) is 42.8 Å². The van der Waals surface area contributed by atoms with Crippen molar-refractivity contribution >= 4 is 52.5 Å². The van der Waals surface area contributed by atoms with Crippen molar-refractivity contribution in [1.29, 1.82) is 0 Å². The van der Waals surface area contributed by atoms with Gasteiger partial charge in [0.1, 0.15) is 24.1 Å². The molecule has 5 aromatic rings. The molecule has 11 heteroatoms. The van der Waals surface area contributed by atoms with Crippen molar-refractivity contribution in [2.24, 2.45) is 0 Å². The Labute approximate surface area is 275 Å². The van der Waals surface area contributed by atoms with Crippen LogP contribution in [0.2, 0.25) is 10.0 Å². The summed E-state index contributed by atoms with van der Waals surface area (Å²) < 4.78 is 13.4. The van der Waals surface area contributed by atoms with Gasteiger partial charge in [-0.3, -0.25) is 4.79 Å². The molecule has 1 unspecified atom stereocenters. The maximum atomic E-state index is 14.0. The van der Waals surface area contributed by atoms with Gasteiger partial charge in [0.2, 0.25) is 11.1 Å². The zero-order chi connectivity index (χ0) is 31.3. The third-order valence-electron chi connectivity index (χ3n) is 7.24. The SMILES string of the molecule is COc1ccccc1NC(=O)C1=C(C)Nc2nc(SCc3ccccc3Cl)nn2C1c1cccc(OCc2ccc(Cl)cc2)c1. The molecule has 2 heterocycles. The molecular weight excluding hydrogens is 629 g/mol. The van der Waals surface area contributed by atoms with Crippen LogP contribution in [0.25, 0.3) is 0 Å². The Hall–Kier alpha value is -4.44. The number of fused-ring (bicyclic) bond motifs is 1. The summed E-state index contributed by atoms with van der Waals surface area (Å²) in [6.07, 6.45) is 0. The lowest BCUT2D eigenvalue weighted by Crippen LogP contribution is -2.31. The molecule has 0 saturated carbocycles. The molecule has 6 rings (SSSR count). The standard InChI is InChI=1S/C34H29Cl2N5O3S/c1-21-30(32(42)38-28-12-5-6-13-29(28)43-2)31(23-9-7-10-26(18-23)44-19-22-14-16-25(35)17-15-22)41-33(37-21)39-34(40-41)45-20-24-8-3-4-11-27(24)36/h3-18,31H,19-20H2,1-2H3,(H,38,42)(H,37,39,40). The van der Waals surface area contributed by atoms with Crippen LogP contribution < -0.4 is 20.1 Å². The number of aromatic nitrogens is 3. The van der Waals surface area contributed by atoms with Gasteiger partial charge in [0.25, 0.3) is 5.91 Å². The van der Waals surface area contributed by atoms with Crippen molar-refractivity contribution in [1.82, 2.24) is 14.8 Å². The van der Waals surface area contributed by atoms with Crippen LogP contribution in [0.3, 0.4) is 0 Å². The monoisotopic (exact) mass is 657 g/mol. The number of allylic oxidation sites excluding steroid dienone is 1. The Balaban J connectivity index is 1.34. The summed E-state index contributed by atoms with van der Waals surface area (Å²) in [5.74, 6) is 2.03. The van der Waals surface area contributed by atoms with Crippen LogP contribution in [0.5, 0.6) is 11.5 Å². The van der Waals surface area contributed by atoms with Gasteiger partial charge in [-0.15, -0.1) is 5.10 Å². The van der Waals surface area contributed by atoms with Gasteiger partial charge in [-0.05, 0) is 66.1 Å². The first kappa shape index (κ1) is 30.6. The Morgan fingerprint density at radius 1 is 1.00 bits per heavy atom. The molecule has 4 aromatic carbocycles. The predicted octanol–water partition coefficient (Wildman–Crippen LogP) is 8.39. The Morgan fingerprint density at radius 2 is 1.78 bits per heavy atom. The minimum atomic E-state index is -0.600.